The molecule has 1 heterocycles. The number of rotatable bonds is 3. The van der Waals surface area contributed by atoms with Gasteiger partial charge in [-0.15, -0.1) is 0 Å². The summed E-state index contributed by atoms with van der Waals surface area (Å²) in [5.41, 5.74) is 0. The Morgan fingerprint density at radius 2 is 1.83 bits per heavy atom. The first-order valence-electron chi connectivity index (χ1n) is 5.49. The molecule has 18 heavy (non-hydrogen) atoms. The van der Waals surface area contributed by atoms with Gasteiger partial charge in [-0.05, 0) is 6.42 Å². The van der Waals surface area contributed by atoms with Crippen molar-refractivity contribution in [1.29, 1.82) is 0 Å². The molecule has 5 N–H and O–H groups in total. The van der Waals surface area contributed by atoms with Gasteiger partial charge >= 0.3 is 7.60 Å². The lowest BCUT2D eigenvalue weighted by Crippen LogP contribution is -2.62. The van der Waals surface area contributed by atoms with Gasteiger partial charge < -0.3 is 30.0 Å². The fourth-order valence-corrected chi connectivity index (χ4v) is 2.67. The lowest BCUT2D eigenvalue weighted by atomic mass is 9.92. The Morgan fingerprint density at radius 3 is 2.28 bits per heavy atom. The molecule has 0 aromatic rings. The number of piperidine rings is 1. The molecule has 0 spiro atoms. The molecule has 1 aliphatic rings. The van der Waals surface area contributed by atoms with Crippen molar-refractivity contribution >= 4 is 13.5 Å². The molecule has 1 fully saturated rings. The molecule has 106 valence electrons. The first-order valence-corrected chi connectivity index (χ1v) is 7.29. The summed E-state index contributed by atoms with van der Waals surface area (Å²) in [6.07, 6.45) is -4.77. The Balaban J connectivity index is 2.81. The van der Waals surface area contributed by atoms with Gasteiger partial charge in [0.2, 0.25) is 5.91 Å². The van der Waals surface area contributed by atoms with Crippen LogP contribution < -0.4 is 0 Å². The van der Waals surface area contributed by atoms with Gasteiger partial charge in [0.25, 0.3) is 0 Å². The van der Waals surface area contributed by atoms with Gasteiger partial charge in [-0.1, -0.05) is 0 Å². The number of aliphatic hydroxyl groups is 3. The van der Waals surface area contributed by atoms with E-state index in [0.717, 1.165) is 4.90 Å². The van der Waals surface area contributed by atoms with E-state index in [9.17, 15) is 24.7 Å². The van der Waals surface area contributed by atoms with Crippen LogP contribution in [0.5, 0.6) is 0 Å². The summed E-state index contributed by atoms with van der Waals surface area (Å²) in [5, 5.41) is 28.7. The minimum Gasteiger partial charge on any atom is -0.388 e. The Morgan fingerprint density at radius 1 is 1.28 bits per heavy atom. The van der Waals surface area contributed by atoms with Gasteiger partial charge in [0, 0.05) is 13.5 Å². The number of β-amino-alcohol motifs (C(OH)–C–C–N with tert-alkyl or cyclic N) is 1. The van der Waals surface area contributed by atoms with E-state index in [0.29, 0.717) is 0 Å². The summed E-state index contributed by atoms with van der Waals surface area (Å²) in [6.45, 7) is 1.06. The predicted octanol–water partition coefficient (Wildman–Crippen LogP) is -2.13. The highest BCUT2D eigenvalue weighted by molar-refractivity contribution is 7.51. The molecule has 9 heteroatoms. The zero-order chi connectivity index (χ0) is 14.1. The molecule has 1 aliphatic heterocycles. The first-order chi connectivity index (χ1) is 8.13. The average molecular weight is 283 g/mol. The standard InChI is InChI=1S/C9H18NO7P/c1-5(11)10-4-7(12)9(14)8(13)6(10)2-3-18(15,16)17/h6-9,12-14H,2-4H2,1H3,(H2,15,16,17)/t6-,7-,8-,9-/m1/s1. The number of carbonyl (C=O) groups excluding carboxylic acids is 1. The van der Waals surface area contributed by atoms with Gasteiger partial charge in [0.15, 0.2) is 0 Å². The molecule has 1 amide bonds. The molecule has 0 unspecified atom stereocenters. The van der Waals surface area contributed by atoms with Gasteiger partial charge in [0.05, 0.1) is 12.2 Å². The van der Waals surface area contributed by atoms with E-state index in [1.165, 1.54) is 6.92 Å². The third-order valence-corrected chi connectivity index (χ3v) is 3.88. The second-order valence-electron chi connectivity index (χ2n) is 4.46. The number of carbonyl (C=O) groups is 1. The maximum atomic E-state index is 11.4. The predicted molar refractivity (Wildman–Crippen MR) is 60.7 cm³/mol. The van der Waals surface area contributed by atoms with Crippen LogP contribution in [0, 0.1) is 0 Å². The summed E-state index contributed by atoms with van der Waals surface area (Å²) < 4.78 is 10.8. The zero-order valence-electron chi connectivity index (χ0n) is 9.88. The molecule has 1 saturated heterocycles. The Kier molecular flexibility index (Phi) is 4.88. The molecular weight excluding hydrogens is 265 g/mol. The summed E-state index contributed by atoms with van der Waals surface area (Å²) in [5.74, 6) is -0.435. The highest BCUT2D eigenvalue weighted by Crippen LogP contribution is 2.37. The van der Waals surface area contributed by atoms with Crippen molar-refractivity contribution in [3.63, 3.8) is 0 Å². The number of hydrogen-bond donors (Lipinski definition) is 5. The van der Waals surface area contributed by atoms with Gasteiger partial charge in [-0.3, -0.25) is 9.36 Å². The van der Waals surface area contributed by atoms with Crippen molar-refractivity contribution in [2.75, 3.05) is 12.7 Å². The van der Waals surface area contributed by atoms with E-state index in [4.69, 9.17) is 9.79 Å². The maximum absolute atomic E-state index is 11.4. The van der Waals surface area contributed by atoms with E-state index in [2.05, 4.69) is 0 Å². The molecule has 0 bridgehead atoms. The Hall–Kier alpha value is -0.500. The number of amides is 1. The SMILES string of the molecule is CC(=O)N1C[C@@H](O)[C@@H](O)[C@H](O)[C@H]1CCP(=O)(O)O. The summed E-state index contributed by atoms with van der Waals surface area (Å²) >= 11 is 0. The summed E-state index contributed by atoms with van der Waals surface area (Å²) in [7, 11) is -4.24. The lowest BCUT2D eigenvalue weighted by Gasteiger charge is -2.43. The van der Waals surface area contributed by atoms with E-state index in [-0.39, 0.29) is 13.0 Å². The van der Waals surface area contributed by atoms with Crippen molar-refractivity contribution < 1.29 is 34.5 Å². The Bertz CT molecular complexity index is 357. The zero-order valence-corrected chi connectivity index (χ0v) is 10.8. The molecule has 0 aromatic heterocycles. The molecule has 0 aromatic carbocycles. The number of nitrogens with zero attached hydrogens (tertiary/aromatic N) is 1. The van der Waals surface area contributed by atoms with Gasteiger partial charge in [-0.2, -0.15) is 0 Å². The van der Waals surface area contributed by atoms with Crippen molar-refractivity contribution in [2.24, 2.45) is 0 Å². The highest BCUT2D eigenvalue weighted by Gasteiger charge is 2.42. The summed E-state index contributed by atoms with van der Waals surface area (Å²) in [6, 6.07) is -0.909. The second-order valence-corrected chi connectivity index (χ2v) is 6.24. The largest absolute Gasteiger partial charge is 0.388 e. The monoisotopic (exact) mass is 283 g/mol. The summed E-state index contributed by atoms with van der Waals surface area (Å²) in [4.78, 5) is 30.1. The third kappa shape index (κ3) is 3.74. The minimum atomic E-state index is -4.24. The van der Waals surface area contributed by atoms with E-state index < -0.39 is 44.0 Å². The van der Waals surface area contributed by atoms with Crippen LogP contribution in [-0.2, 0) is 9.36 Å². The van der Waals surface area contributed by atoms with Crippen molar-refractivity contribution in [3.05, 3.63) is 0 Å². The highest BCUT2D eigenvalue weighted by atomic mass is 31.2. The molecule has 0 radical (unpaired) electrons. The number of aliphatic hydroxyl groups excluding tert-OH is 3. The lowest BCUT2D eigenvalue weighted by molar-refractivity contribution is -0.160. The van der Waals surface area contributed by atoms with E-state index >= 15 is 0 Å². The number of hydrogen-bond acceptors (Lipinski definition) is 5. The fraction of sp³-hybridized carbons (Fsp3) is 0.889. The third-order valence-electron chi connectivity index (χ3n) is 3.04. The van der Waals surface area contributed by atoms with Gasteiger partial charge in [0.1, 0.15) is 18.3 Å². The van der Waals surface area contributed by atoms with Crippen LogP contribution in [0.25, 0.3) is 0 Å². The van der Waals surface area contributed by atoms with Crippen LogP contribution in [0.2, 0.25) is 0 Å². The minimum absolute atomic E-state index is 0.144. The Labute approximate surface area is 104 Å². The quantitative estimate of drug-likeness (QED) is 0.373. The molecular formula is C9H18NO7P. The topological polar surface area (TPSA) is 139 Å². The van der Waals surface area contributed by atoms with Gasteiger partial charge in [-0.25, -0.2) is 0 Å². The van der Waals surface area contributed by atoms with Crippen LogP contribution in [0.15, 0.2) is 0 Å². The van der Waals surface area contributed by atoms with Crippen molar-refractivity contribution in [2.45, 2.75) is 37.7 Å². The maximum Gasteiger partial charge on any atom is 0.325 e. The van der Waals surface area contributed by atoms with E-state index in [1.807, 2.05) is 0 Å². The van der Waals surface area contributed by atoms with Crippen LogP contribution in [0.3, 0.4) is 0 Å². The average Bonchev–Trinajstić information content (AvgIpc) is 2.22. The van der Waals surface area contributed by atoms with Crippen molar-refractivity contribution in [3.8, 4) is 0 Å². The smallest absolute Gasteiger partial charge is 0.325 e. The molecule has 8 nitrogen and oxygen atoms in total. The number of likely N-dealkylation sites (tertiary alicyclic amines) is 1. The van der Waals surface area contributed by atoms with Crippen LogP contribution in [0.4, 0.5) is 0 Å². The molecule has 1 rings (SSSR count). The first kappa shape index (κ1) is 15.6. The van der Waals surface area contributed by atoms with Crippen LogP contribution in [0.1, 0.15) is 13.3 Å². The van der Waals surface area contributed by atoms with E-state index in [1.54, 1.807) is 0 Å². The van der Waals surface area contributed by atoms with Crippen molar-refractivity contribution in [1.82, 2.24) is 4.90 Å². The molecule has 0 aliphatic carbocycles. The molecule has 0 saturated carbocycles. The van der Waals surface area contributed by atoms with Crippen LogP contribution in [-0.4, -0.2) is 73.0 Å². The second kappa shape index (κ2) is 5.64. The van der Waals surface area contributed by atoms with Crippen LogP contribution >= 0.6 is 7.60 Å². The normalized spacial score (nSPS) is 33.6. The fourth-order valence-electron chi connectivity index (χ4n) is 2.07. The molecule has 4 atom stereocenters.